The van der Waals surface area contributed by atoms with Crippen molar-refractivity contribution in [2.45, 2.75) is 25.0 Å². The molecule has 2 heterocycles. The Morgan fingerprint density at radius 1 is 1.21 bits per heavy atom. The third kappa shape index (κ3) is 3.94. The zero-order chi connectivity index (χ0) is 19.5. The number of hydrogen-bond acceptors (Lipinski definition) is 4. The van der Waals surface area contributed by atoms with Gasteiger partial charge in [-0.1, -0.05) is 30.3 Å². The van der Waals surface area contributed by atoms with Crippen LogP contribution in [0.2, 0.25) is 0 Å². The minimum Gasteiger partial charge on any atom is -0.508 e. The largest absolute Gasteiger partial charge is 0.508 e. The molecule has 7 nitrogen and oxygen atoms in total. The van der Waals surface area contributed by atoms with Crippen molar-refractivity contribution in [1.82, 2.24) is 10.2 Å². The van der Waals surface area contributed by atoms with Gasteiger partial charge < -0.3 is 25.4 Å². The molecule has 3 amide bonds. The first-order valence-electron chi connectivity index (χ1n) is 9.45. The topological polar surface area (TPSA) is 90.9 Å². The Morgan fingerprint density at radius 3 is 2.93 bits per heavy atom. The van der Waals surface area contributed by atoms with Crippen LogP contribution in [0.25, 0.3) is 0 Å². The van der Waals surface area contributed by atoms with Crippen LogP contribution in [0.5, 0.6) is 5.75 Å². The third-order valence-corrected chi connectivity index (χ3v) is 5.19. The zero-order valence-corrected chi connectivity index (χ0v) is 15.4. The van der Waals surface area contributed by atoms with E-state index in [1.54, 1.807) is 23.1 Å². The van der Waals surface area contributed by atoms with Crippen molar-refractivity contribution in [1.29, 1.82) is 0 Å². The predicted octanol–water partition coefficient (Wildman–Crippen LogP) is 2.43. The molecule has 7 heteroatoms. The fourth-order valence-corrected chi connectivity index (χ4v) is 3.65. The number of phenolic OH excluding ortho intramolecular Hbond substituents is 1. The number of nitrogens with one attached hydrogen (secondary N) is 2. The number of para-hydroxylation sites is 1. The minimum atomic E-state index is -0.582. The van der Waals surface area contributed by atoms with E-state index in [2.05, 4.69) is 10.6 Å². The van der Waals surface area contributed by atoms with E-state index in [1.165, 1.54) is 0 Å². The zero-order valence-electron chi connectivity index (χ0n) is 15.4. The van der Waals surface area contributed by atoms with Gasteiger partial charge in [0.25, 0.3) is 0 Å². The molecule has 0 radical (unpaired) electrons. The minimum absolute atomic E-state index is 0.164. The average molecular weight is 381 g/mol. The monoisotopic (exact) mass is 381 g/mol. The fourth-order valence-electron chi connectivity index (χ4n) is 3.65. The number of phenols is 1. The number of carbonyl (C=O) groups excluding carboxylic acids is 2. The number of nitrogens with zero attached hydrogens (tertiary/aromatic N) is 1. The molecule has 1 saturated heterocycles. The Balaban J connectivity index is 1.40. The first-order valence-corrected chi connectivity index (χ1v) is 9.45. The highest BCUT2D eigenvalue weighted by Gasteiger charge is 2.30. The van der Waals surface area contributed by atoms with Gasteiger partial charge in [-0.25, -0.2) is 4.79 Å². The maximum atomic E-state index is 12.8. The van der Waals surface area contributed by atoms with Crippen LogP contribution in [-0.2, 0) is 16.0 Å². The predicted molar refractivity (Wildman–Crippen MR) is 104 cm³/mol. The highest BCUT2D eigenvalue weighted by atomic mass is 16.5. The number of aryl methyl sites for hydroxylation is 1. The molecule has 0 spiro atoms. The van der Waals surface area contributed by atoms with Gasteiger partial charge in [-0.2, -0.15) is 0 Å². The van der Waals surface area contributed by atoms with Crippen molar-refractivity contribution in [3.63, 3.8) is 0 Å². The summed E-state index contributed by atoms with van der Waals surface area (Å²) in [5.41, 5.74) is 2.70. The third-order valence-electron chi connectivity index (χ3n) is 5.19. The number of fused-ring (bicyclic) bond motifs is 1. The maximum absolute atomic E-state index is 12.8. The SMILES string of the molecule is O=C1Nc2ccccc2CCC1NC(=O)N1CCOC(c2cccc(O)c2)C1. The molecule has 146 valence electrons. The molecule has 2 aliphatic heterocycles. The summed E-state index contributed by atoms with van der Waals surface area (Å²) in [6.07, 6.45) is 0.961. The van der Waals surface area contributed by atoms with E-state index in [1.807, 2.05) is 30.3 Å². The number of carbonyl (C=O) groups is 2. The Labute approximate surface area is 163 Å². The van der Waals surface area contributed by atoms with E-state index in [-0.39, 0.29) is 23.8 Å². The van der Waals surface area contributed by atoms with Crippen molar-refractivity contribution in [2.75, 3.05) is 25.0 Å². The Kier molecular flexibility index (Phi) is 5.16. The lowest BCUT2D eigenvalue weighted by Gasteiger charge is -2.34. The normalized spacial score (nSPS) is 22.0. The second kappa shape index (κ2) is 7.90. The number of rotatable bonds is 2. The summed E-state index contributed by atoms with van der Waals surface area (Å²) in [5, 5.41) is 15.4. The standard InChI is InChI=1S/C21H23N3O4/c25-16-6-3-5-15(12-16)19-13-24(10-11-28-19)21(27)23-18-9-8-14-4-1-2-7-17(14)22-20(18)26/h1-7,12,18-19,25H,8-11,13H2,(H,22,26)(H,23,27). The van der Waals surface area contributed by atoms with Crippen molar-refractivity contribution in [3.05, 3.63) is 59.7 Å². The van der Waals surface area contributed by atoms with Gasteiger partial charge in [0.2, 0.25) is 5.91 Å². The quantitative estimate of drug-likeness (QED) is 0.745. The van der Waals surface area contributed by atoms with Crippen LogP contribution in [0.4, 0.5) is 10.5 Å². The first-order chi connectivity index (χ1) is 13.6. The highest BCUT2D eigenvalue weighted by molar-refractivity contribution is 5.98. The lowest BCUT2D eigenvalue weighted by atomic mass is 10.1. The Hall–Kier alpha value is -3.06. The smallest absolute Gasteiger partial charge is 0.318 e. The molecule has 2 atom stereocenters. The van der Waals surface area contributed by atoms with Crippen molar-refractivity contribution in [3.8, 4) is 5.75 Å². The van der Waals surface area contributed by atoms with Crippen molar-refractivity contribution >= 4 is 17.6 Å². The Morgan fingerprint density at radius 2 is 2.07 bits per heavy atom. The lowest BCUT2D eigenvalue weighted by molar-refractivity contribution is -0.118. The van der Waals surface area contributed by atoms with E-state index in [0.717, 1.165) is 23.2 Å². The highest BCUT2D eigenvalue weighted by Crippen LogP contribution is 2.25. The summed E-state index contributed by atoms with van der Waals surface area (Å²) in [6, 6.07) is 13.7. The van der Waals surface area contributed by atoms with Gasteiger partial charge >= 0.3 is 6.03 Å². The fraction of sp³-hybridized carbons (Fsp3) is 0.333. The molecule has 0 aromatic heterocycles. The molecule has 2 unspecified atom stereocenters. The Bertz CT molecular complexity index is 885. The summed E-state index contributed by atoms with van der Waals surface area (Å²) in [6.45, 7) is 1.22. The second-order valence-electron chi connectivity index (χ2n) is 7.09. The number of urea groups is 1. The van der Waals surface area contributed by atoms with Crippen LogP contribution in [-0.4, -0.2) is 47.7 Å². The van der Waals surface area contributed by atoms with E-state index >= 15 is 0 Å². The average Bonchev–Trinajstić information content (AvgIpc) is 2.87. The summed E-state index contributed by atoms with van der Waals surface area (Å²) in [7, 11) is 0. The molecule has 4 rings (SSSR count). The maximum Gasteiger partial charge on any atom is 0.318 e. The van der Waals surface area contributed by atoms with Gasteiger partial charge in [-0.3, -0.25) is 4.79 Å². The van der Waals surface area contributed by atoms with Crippen LogP contribution >= 0.6 is 0 Å². The van der Waals surface area contributed by atoms with Gasteiger partial charge in [0.15, 0.2) is 0 Å². The van der Waals surface area contributed by atoms with Gasteiger partial charge in [0.1, 0.15) is 17.9 Å². The van der Waals surface area contributed by atoms with Crippen molar-refractivity contribution in [2.24, 2.45) is 0 Å². The van der Waals surface area contributed by atoms with Crippen LogP contribution in [0, 0.1) is 0 Å². The first kappa shape index (κ1) is 18.3. The molecule has 2 aliphatic rings. The number of ether oxygens (including phenoxy) is 1. The number of benzene rings is 2. The van der Waals surface area contributed by atoms with Gasteiger partial charge in [-0.15, -0.1) is 0 Å². The molecular formula is C21H23N3O4. The molecule has 0 aliphatic carbocycles. The molecule has 0 bridgehead atoms. The number of aromatic hydroxyl groups is 1. The van der Waals surface area contributed by atoms with Crippen LogP contribution in [0.1, 0.15) is 23.7 Å². The molecule has 2 aromatic carbocycles. The van der Waals surface area contributed by atoms with Gasteiger partial charge in [0, 0.05) is 12.2 Å². The van der Waals surface area contributed by atoms with Crippen molar-refractivity contribution < 1.29 is 19.4 Å². The summed E-state index contributed by atoms with van der Waals surface area (Å²) in [4.78, 5) is 26.9. The lowest BCUT2D eigenvalue weighted by Crippen LogP contribution is -2.52. The second-order valence-corrected chi connectivity index (χ2v) is 7.09. The molecule has 3 N–H and O–H groups in total. The number of hydrogen-bond donors (Lipinski definition) is 3. The summed E-state index contributed by atoms with van der Waals surface area (Å²) < 4.78 is 5.76. The van der Waals surface area contributed by atoms with Crippen LogP contribution in [0.15, 0.2) is 48.5 Å². The van der Waals surface area contributed by atoms with E-state index in [4.69, 9.17) is 4.74 Å². The number of amides is 3. The van der Waals surface area contributed by atoms with Crippen LogP contribution < -0.4 is 10.6 Å². The van der Waals surface area contributed by atoms with Gasteiger partial charge in [0.05, 0.1) is 13.2 Å². The van der Waals surface area contributed by atoms with Crippen LogP contribution in [0.3, 0.4) is 0 Å². The number of anilines is 1. The molecule has 0 saturated carbocycles. The number of morpholine rings is 1. The van der Waals surface area contributed by atoms with E-state index in [9.17, 15) is 14.7 Å². The molecular weight excluding hydrogens is 358 g/mol. The summed E-state index contributed by atoms with van der Waals surface area (Å²) >= 11 is 0. The summed E-state index contributed by atoms with van der Waals surface area (Å²) in [5.74, 6) is -0.0338. The molecule has 28 heavy (non-hydrogen) atoms. The van der Waals surface area contributed by atoms with E-state index in [0.29, 0.717) is 26.1 Å². The molecule has 2 aromatic rings. The van der Waals surface area contributed by atoms with E-state index < -0.39 is 6.04 Å². The van der Waals surface area contributed by atoms with Gasteiger partial charge in [-0.05, 0) is 42.2 Å². The molecule has 1 fully saturated rings.